The van der Waals surface area contributed by atoms with Gasteiger partial charge in [-0.05, 0) is 13.3 Å². The Balaban J connectivity index is 3.17. The smallest absolute Gasteiger partial charge is 0.141 e. The standard InChI is InChI=1S/C11H18N2O2/c1-3-4-9(12)10-8(6-14)5-13-7(2)11(10)15/h5,9,14-15H,3-4,6,12H2,1-2H3/t9-/m1/s1. The number of nitrogens with two attached hydrogens (primary N) is 1. The van der Waals surface area contributed by atoms with E-state index in [9.17, 15) is 5.11 Å². The van der Waals surface area contributed by atoms with E-state index in [4.69, 9.17) is 10.8 Å². The average Bonchev–Trinajstić information content (AvgIpc) is 2.22. The number of rotatable bonds is 4. The van der Waals surface area contributed by atoms with Crippen LogP contribution in [0.4, 0.5) is 0 Å². The maximum absolute atomic E-state index is 9.85. The molecule has 0 aliphatic heterocycles. The Morgan fingerprint density at radius 1 is 1.53 bits per heavy atom. The molecule has 15 heavy (non-hydrogen) atoms. The van der Waals surface area contributed by atoms with Crippen LogP contribution in [0, 0.1) is 6.92 Å². The molecule has 0 amide bonds. The molecule has 84 valence electrons. The number of aromatic nitrogens is 1. The SMILES string of the molecule is CCC[C@@H](N)c1c(CO)cnc(C)c1O. The van der Waals surface area contributed by atoms with E-state index in [1.165, 1.54) is 0 Å². The first-order valence-corrected chi connectivity index (χ1v) is 5.15. The van der Waals surface area contributed by atoms with Crippen LogP contribution in [0.25, 0.3) is 0 Å². The highest BCUT2D eigenvalue weighted by molar-refractivity contribution is 5.42. The summed E-state index contributed by atoms with van der Waals surface area (Å²) in [4.78, 5) is 3.99. The lowest BCUT2D eigenvalue weighted by molar-refractivity contribution is 0.277. The van der Waals surface area contributed by atoms with E-state index in [0.29, 0.717) is 16.8 Å². The molecule has 1 aromatic rings. The lowest BCUT2D eigenvalue weighted by Gasteiger charge is -2.17. The van der Waals surface area contributed by atoms with Gasteiger partial charge in [-0.1, -0.05) is 13.3 Å². The molecule has 1 rings (SSSR count). The van der Waals surface area contributed by atoms with Crippen molar-refractivity contribution in [3.63, 3.8) is 0 Å². The zero-order chi connectivity index (χ0) is 11.4. The number of aromatic hydroxyl groups is 1. The van der Waals surface area contributed by atoms with Gasteiger partial charge in [-0.25, -0.2) is 0 Å². The molecule has 0 radical (unpaired) electrons. The maximum Gasteiger partial charge on any atom is 0.141 e. The summed E-state index contributed by atoms with van der Waals surface area (Å²) in [6.07, 6.45) is 3.29. The summed E-state index contributed by atoms with van der Waals surface area (Å²) in [7, 11) is 0. The number of aryl methyl sites for hydroxylation is 1. The van der Waals surface area contributed by atoms with E-state index in [-0.39, 0.29) is 18.4 Å². The highest BCUT2D eigenvalue weighted by Crippen LogP contribution is 2.30. The zero-order valence-electron chi connectivity index (χ0n) is 9.20. The minimum Gasteiger partial charge on any atom is -0.506 e. The third kappa shape index (κ3) is 2.46. The van der Waals surface area contributed by atoms with E-state index >= 15 is 0 Å². The number of aliphatic hydroxyl groups is 1. The molecule has 4 N–H and O–H groups in total. The first kappa shape index (κ1) is 11.9. The predicted molar refractivity (Wildman–Crippen MR) is 58.4 cm³/mol. The molecule has 1 atom stereocenters. The van der Waals surface area contributed by atoms with Crippen LogP contribution in [0.1, 0.15) is 42.6 Å². The Morgan fingerprint density at radius 3 is 2.73 bits per heavy atom. The van der Waals surface area contributed by atoms with Crippen LogP contribution >= 0.6 is 0 Å². The minimum absolute atomic E-state index is 0.113. The van der Waals surface area contributed by atoms with Crippen LogP contribution in [0.3, 0.4) is 0 Å². The van der Waals surface area contributed by atoms with Crippen molar-refractivity contribution in [1.29, 1.82) is 0 Å². The fourth-order valence-electron chi connectivity index (χ4n) is 1.65. The number of aliphatic hydroxyl groups excluding tert-OH is 1. The van der Waals surface area contributed by atoms with Gasteiger partial charge < -0.3 is 15.9 Å². The normalized spacial score (nSPS) is 12.8. The minimum atomic E-state index is -0.237. The Bertz CT molecular complexity index is 340. The molecule has 0 spiro atoms. The van der Waals surface area contributed by atoms with Gasteiger partial charge in [0, 0.05) is 23.4 Å². The first-order valence-electron chi connectivity index (χ1n) is 5.15. The molecule has 0 bridgehead atoms. The van der Waals surface area contributed by atoms with Gasteiger partial charge in [-0.3, -0.25) is 4.98 Å². The summed E-state index contributed by atoms with van der Waals surface area (Å²) in [5, 5.41) is 19.0. The second-order valence-electron chi connectivity index (χ2n) is 3.68. The van der Waals surface area contributed by atoms with E-state index < -0.39 is 0 Å². The zero-order valence-corrected chi connectivity index (χ0v) is 9.20. The van der Waals surface area contributed by atoms with Gasteiger partial charge in [0.05, 0.1) is 12.3 Å². The van der Waals surface area contributed by atoms with Crippen LogP contribution in [-0.2, 0) is 6.61 Å². The summed E-state index contributed by atoms with van der Waals surface area (Å²) in [5.41, 5.74) is 7.74. The van der Waals surface area contributed by atoms with Crippen molar-refractivity contribution in [3.8, 4) is 5.75 Å². The van der Waals surface area contributed by atoms with Crippen molar-refractivity contribution < 1.29 is 10.2 Å². The van der Waals surface area contributed by atoms with Crippen LogP contribution in [0.5, 0.6) is 5.75 Å². The molecule has 0 aromatic carbocycles. The van der Waals surface area contributed by atoms with Crippen LogP contribution in [0.2, 0.25) is 0 Å². The van der Waals surface area contributed by atoms with Crippen molar-refractivity contribution in [2.45, 2.75) is 39.3 Å². The van der Waals surface area contributed by atoms with Gasteiger partial charge in [-0.2, -0.15) is 0 Å². The van der Waals surface area contributed by atoms with Crippen molar-refractivity contribution in [2.75, 3.05) is 0 Å². The van der Waals surface area contributed by atoms with E-state index in [1.54, 1.807) is 13.1 Å². The highest BCUT2D eigenvalue weighted by Gasteiger charge is 2.17. The molecule has 0 unspecified atom stereocenters. The van der Waals surface area contributed by atoms with Gasteiger partial charge >= 0.3 is 0 Å². The van der Waals surface area contributed by atoms with Crippen molar-refractivity contribution in [3.05, 3.63) is 23.0 Å². The monoisotopic (exact) mass is 210 g/mol. The molecule has 4 nitrogen and oxygen atoms in total. The first-order chi connectivity index (χ1) is 7.11. The molecule has 0 saturated carbocycles. The molecule has 0 aliphatic carbocycles. The Kier molecular flexibility index (Phi) is 4.05. The molecule has 1 aromatic heterocycles. The Labute approximate surface area is 89.8 Å². The quantitative estimate of drug-likeness (QED) is 0.701. The second kappa shape index (κ2) is 5.09. The number of pyridine rings is 1. The molecule has 4 heteroatoms. The molecular formula is C11H18N2O2. The van der Waals surface area contributed by atoms with Crippen molar-refractivity contribution in [1.82, 2.24) is 4.98 Å². The molecule has 1 heterocycles. The van der Waals surface area contributed by atoms with E-state index in [0.717, 1.165) is 12.8 Å². The summed E-state index contributed by atoms with van der Waals surface area (Å²) >= 11 is 0. The Hall–Kier alpha value is -1.13. The van der Waals surface area contributed by atoms with Gasteiger partial charge in [0.1, 0.15) is 5.75 Å². The van der Waals surface area contributed by atoms with Gasteiger partial charge in [-0.15, -0.1) is 0 Å². The predicted octanol–water partition coefficient (Wildman–Crippen LogP) is 1.39. The van der Waals surface area contributed by atoms with Crippen molar-refractivity contribution in [2.24, 2.45) is 5.73 Å². The van der Waals surface area contributed by atoms with E-state index in [1.807, 2.05) is 6.92 Å². The van der Waals surface area contributed by atoms with Gasteiger partial charge in [0.25, 0.3) is 0 Å². The van der Waals surface area contributed by atoms with Crippen LogP contribution in [-0.4, -0.2) is 15.2 Å². The third-order valence-electron chi connectivity index (χ3n) is 2.50. The Morgan fingerprint density at radius 2 is 2.20 bits per heavy atom. The molecular weight excluding hydrogens is 192 g/mol. The lowest BCUT2D eigenvalue weighted by atomic mass is 9.98. The molecule has 0 fully saturated rings. The van der Waals surface area contributed by atoms with Crippen molar-refractivity contribution >= 4 is 0 Å². The number of hydrogen-bond acceptors (Lipinski definition) is 4. The van der Waals surface area contributed by atoms with E-state index in [2.05, 4.69) is 4.98 Å². The van der Waals surface area contributed by atoms with Crippen LogP contribution < -0.4 is 5.73 Å². The maximum atomic E-state index is 9.85. The highest BCUT2D eigenvalue weighted by atomic mass is 16.3. The molecule has 0 aliphatic rings. The summed E-state index contributed by atoms with van der Waals surface area (Å²) in [6.45, 7) is 3.61. The largest absolute Gasteiger partial charge is 0.506 e. The van der Waals surface area contributed by atoms with Crippen LogP contribution in [0.15, 0.2) is 6.20 Å². The fourth-order valence-corrected chi connectivity index (χ4v) is 1.65. The second-order valence-corrected chi connectivity index (χ2v) is 3.68. The summed E-state index contributed by atoms with van der Waals surface area (Å²) in [6, 6.07) is -0.237. The summed E-state index contributed by atoms with van der Waals surface area (Å²) in [5.74, 6) is 0.113. The average molecular weight is 210 g/mol. The lowest BCUT2D eigenvalue weighted by Crippen LogP contribution is -2.13. The number of nitrogens with zero attached hydrogens (tertiary/aromatic N) is 1. The van der Waals surface area contributed by atoms with Gasteiger partial charge in [0.2, 0.25) is 0 Å². The topological polar surface area (TPSA) is 79.4 Å². The number of hydrogen-bond donors (Lipinski definition) is 3. The molecule has 0 saturated heterocycles. The van der Waals surface area contributed by atoms with Gasteiger partial charge in [0.15, 0.2) is 0 Å². The summed E-state index contributed by atoms with van der Waals surface area (Å²) < 4.78 is 0. The fraction of sp³-hybridized carbons (Fsp3) is 0.545. The third-order valence-corrected chi connectivity index (χ3v) is 2.50.